The summed E-state index contributed by atoms with van der Waals surface area (Å²) in [6.45, 7) is 5.72. The molecule has 2 atom stereocenters. The normalized spacial score (nSPS) is 25.1. The number of piperidine rings is 1. The van der Waals surface area contributed by atoms with E-state index in [0.717, 1.165) is 64.1 Å². The van der Waals surface area contributed by atoms with Crippen LogP contribution < -0.4 is 0 Å². The lowest BCUT2D eigenvalue weighted by atomic mass is 9.76. The summed E-state index contributed by atoms with van der Waals surface area (Å²) in [5, 5.41) is 0. The van der Waals surface area contributed by atoms with Gasteiger partial charge in [0.05, 0.1) is 10.3 Å². The second-order valence-corrected chi connectivity index (χ2v) is 15.4. The number of carbonyl (C=O) groups is 2. The molecule has 6 rings (SSSR count). The van der Waals surface area contributed by atoms with Gasteiger partial charge in [-0.05, 0) is 80.3 Å². The molecule has 3 saturated heterocycles. The van der Waals surface area contributed by atoms with Crippen molar-refractivity contribution in [3.8, 4) is 0 Å². The second-order valence-electron chi connectivity index (χ2n) is 13.4. The van der Waals surface area contributed by atoms with E-state index in [1.54, 1.807) is 12.1 Å². The fourth-order valence-electron chi connectivity index (χ4n) is 7.99. The topological polar surface area (TPSA) is 78.0 Å². The Kier molecular flexibility index (Phi) is 8.47. The van der Waals surface area contributed by atoms with Crippen LogP contribution in [0.1, 0.15) is 68.4 Å². The van der Waals surface area contributed by atoms with Gasteiger partial charge in [-0.3, -0.25) is 9.59 Å². The van der Waals surface area contributed by atoms with Gasteiger partial charge >= 0.3 is 0 Å². The zero-order valence-electron chi connectivity index (χ0n) is 24.9. The summed E-state index contributed by atoms with van der Waals surface area (Å²) in [5.41, 5.74) is 2.02. The molecule has 0 unspecified atom stereocenters. The van der Waals surface area contributed by atoms with Gasteiger partial charge in [-0.15, -0.1) is 0 Å². The van der Waals surface area contributed by atoms with Crippen molar-refractivity contribution in [1.82, 2.24) is 14.7 Å². The van der Waals surface area contributed by atoms with E-state index in [-0.39, 0.29) is 11.3 Å². The van der Waals surface area contributed by atoms with Crippen molar-refractivity contribution in [2.75, 3.05) is 45.5 Å². The summed E-state index contributed by atoms with van der Waals surface area (Å²) >= 11 is 0. The first-order chi connectivity index (χ1) is 20.2. The Balaban J connectivity index is 1.06. The molecule has 42 heavy (non-hydrogen) atoms. The quantitative estimate of drug-likeness (QED) is 0.444. The number of benzene rings is 2. The molecule has 226 valence electrons. The van der Waals surface area contributed by atoms with Crippen LogP contribution in [0.4, 0.5) is 0 Å². The number of hydrogen-bond acceptors (Lipinski definition) is 5. The van der Waals surface area contributed by atoms with Crippen molar-refractivity contribution in [2.45, 2.75) is 68.7 Å². The number of sulfone groups is 1. The minimum absolute atomic E-state index is 0.251. The molecule has 7 nitrogen and oxygen atoms in total. The first-order valence-corrected chi connectivity index (χ1v) is 17.7. The monoisotopic (exact) mass is 591 g/mol. The molecule has 1 saturated carbocycles. The number of nitrogens with zero attached hydrogens (tertiary/aromatic N) is 3. The Morgan fingerprint density at radius 1 is 0.905 bits per heavy atom. The molecule has 2 aromatic rings. The summed E-state index contributed by atoms with van der Waals surface area (Å²) in [5.74, 6) is 1.92. The van der Waals surface area contributed by atoms with Gasteiger partial charge in [0, 0.05) is 51.3 Å². The van der Waals surface area contributed by atoms with E-state index in [9.17, 15) is 18.0 Å². The van der Waals surface area contributed by atoms with Gasteiger partial charge in [-0.25, -0.2) is 8.42 Å². The average molecular weight is 592 g/mol. The Labute approximate surface area is 251 Å². The number of amides is 2. The molecule has 3 heterocycles. The van der Waals surface area contributed by atoms with Gasteiger partial charge in [-0.1, -0.05) is 55.3 Å². The van der Waals surface area contributed by atoms with Crippen LogP contribution in [0.2, 0.25) is 0 Å². The lowest BCUT2D eigenvalue weighted by Crippen LogP contribution is -2.46. The molecule has 1 aliphatic carbocycles. The lowest BCUT2D eigenvalue weighted by molar-refractivity contribution is -0.139. The Hall–Kier alpha value is -2.71. The Morgan fingerprint density at radius 2 is 1.57 bits per heavy atom. The molecule has 4 fully saturated rings. The Bertz CT molecular complexity index is 1360. The first-order valence-electron chi connectivity index (χ1n) is 15.8. The predicted octanol–water partition coefficient (Wildman–Crippen LogP) is 4.73. The van der Waals surface area contributed by atoms with Crippen molar-refractivity contribution in [1.29, 1.82) is 0 Å². The van der Waals surface area contributed by atoms with Crippen LogP contribution in [0, 0.1) is 17.3 Å². The maximum atomic E-state index is 13.6. The summed E-state index contributed by atoms with van der Waals surface area (Å²) in [6, 6.07) is 17.6. The molecule has 2 aromatic carbocycles. The van der Waals surface area contributed by atoms with Crippen LogP contribution in [0.15, 0.2) is 59.5 Å². The van der Waals surface area contributed by atoms with E-state index in [4.69, 9.17) is 0 Å². The molecule has 0 aromatic heterocycles. The standard InChI is InChI=1S/C34H45N3O4S/c1-42(40,41)30-13-11-27(12-14-30)22-36-20-17-34(33(36)39)15-18-35(19-16-34)23-29-24-37(32(38)21-26-7-5-6-8-26)25-31(29)28-9-3-2-4-10-28/h2-4,9-14,26,29,31H,5-8,15-25H2,1H3/t29-,31+/m0/s1. The number of rotatable bonds is 8. The number of hydrogen-bond donors (Lipinski definition) is 0. The molecule has 4 aliphatic rings. The second kappa shape index (κ2) is 12.1. The molecular weight excluding hydrogens is 546 g/mol. The molecular formula is C34H45N3O4S. The first kappa shape index (κ1) is 29.4. The molecule has 0 N–H and O–H groups in total. The van der Waals surface area contributed by atoms with Gasteiger partial charge < -0.3 is 14.7 Å². The van der Waals surface area contributed by atoms with Crippen molar-refractivity contribution in [3.63, 3.8) is 0 Å². The van der Waals surface area contributed by atoms with E-state index >= 15 is 0 Å². The van der Waals surface area contributed by atoms with E-state index in [1.807, 2.05) is 17.0 Å². The van der Waals surface area contributed by atoms with Crippen molar-refractivity contribution < 1.29 is 18.0 Å². The van der Waals surface area contributed by atoms with E-state index in [0.29, 0.717) is 41.5 Å². The summed E-state index contributed by atoms with van der Waals surface area (Å²) in [4.78, 5) is 33.9. The fraction of sp³-hybridized carbons (Fsp3) is 0.588. The highest BCUT2D eigenvalue weighted by Crippen LogP contribution is 2.43. The third-order valence-corrected chi connectivity index (χ3v) is 11.7. The number of likely N-dealkylation sites (tertiary alicyclic amines) is 3. The summed E-state index contributed by atoms with van der Waals surface area (Å²) in [6.07, 6.45) is 9.50. The SMILES string of the molecule is CS(=O)(=O)c1ccc(CN2CCC3(CCN(C[C@H]4CN(C(=O)CC5CCCC5)C[C@@H]4c4ccccc4)CC3)C2=O)cc1. The molecule has 1 spiro atoms. The molecule has 0 bridgehead atoms. The van der Waals surface area contributed by atoms with Crippen molar-refractivity contribution in [3.05, 3.63) is 65.7 Å². The van der Waals surface area contributed by atoms with Crippen LogP contribution in [0.3, 0.4) is 0 Å². The molecule has 3 aliphatic heterocycles. The van der Waals surface area contributed by atoms with Crippen LogP contribution >= 0.6 is 0 Å². The molecule has 2 amide bonds. The van der Waals surface area contributed by atoms with Gasteiger partial charge in [0.2, 0.25) is 11.8 Å². The Morgan fingerprint density at radius 3 is 2.24 bits per heavy atom. The number of carbonyl (C=O) groups excluding carboxylic acids is 2. The van der Waals surface area contributed by atoms with Crippen LogP contribution in [-0.2, 0) is 26.0 Å². The third kappa shape index (κ3) is 6.30. The van der Waals surface area contributed by atoms with Gasteiger partial charge in [0.25, 0.3) is 0 Å². The van der Waals surface area contributed by atoms with Crippen LogP contribution in [0.5, 0.6) is 0 Å². The highest BCUT2D eigenvalue weighted by molar-refractivity contribution is 7.90. The van der Waals surface area contributed by atoms with Crippen molar-refractivity contribution >= 4 is 21.7 Å². The van der Waals surface area contributed by atoms with Gasteiger partial charge in [0.1, 0.15) is 0 Å². The zero-order chi connectivity index (χ0) is 29.3. The largest absolute Gasteiger partial charge is 0.342 e. The van der Waals surface area contributed by atoms with Crippen molar-refractivity contribution in [2.24, 2.45) is 17.3 Å². The maximum Gasteiger partial charge on any atom is 0.229 e. The minimum Gasteiger partial charge on any atom is -0.342 e. The predicted molar refractivity (Wildman–Crippen MR) is 164 cm³/mol. The lowest BCUT2D eigenvalue weighted by Gasteiger charge is -2.39. The summed E-state index contributed by atoms with van der Waals surface area (Å²) < 4.78 is 23.6. The van der Waals surface area contributed by atoms with Gasteiger partial charge in [0.15, 0.2) is 9.84 Å². The summed E-state index contributed by atoms with van der Waals surface area (Å²) in [7, 11) is -3.23. The fourth-order valence-corrected chi connectivity index (χ4v) is 8.62. The average Bonchev–Trinajstić information content (AvgIpc) is 3.72. The smallest absolute Gasteiger partial charge is 0.229 e. The third-order valence-electron chi connectivity index (χ3n) is 10.6. The zero-order valence-corrected chi connectivity index (χ0v) is 25.7. The van der Waals surface area contributed by atoms with E-state index in [1.165, 1.54) is 37.5 Å². The van der Waals surface area contributed by atoms with E-state index < -0.39 is 9.84 Å². The highest BCUT2D eigenvalue weighted by Gasteiger charge is 2.48. The maximum absolute atomic E-state index is 13.6. The molecule has 8 heteroatoms. The highest BCUT2D eigenvalue weighted by atomic mass is 32.2. The molecule has 0 radical (unpaired) electrons. The van der Waals surface area contributed by atoms with Crippen LogP contribution in [-0.4, -0.2) is 80.5 Å². The van der Waals surface area contributed by atoms with E-state index in [2.05, 4.69) is 40.1 Å². The van der Waals surface area contributed by atoms with Gasteiger partial charge in [-0.2, -0.15) is 0 Å². The minimum atomic E-state index is -3.23. The van der Waals surface area contributed by atoms with Crippen LogP contribution in [0.25, 0.3) is 0 Å².